The Bertz CT molecular complexity index is 883. The lowest BCUT2D eigenvalue weighted by Crippen LogP contribution is -2.27. The molecule has 1 fully saturated rings. The van der Waals surface area contributed by atoms with Gasteiger partial charge in [0.05, 0.1) is 15.5 Å². The van der Waals surface area contributed by atoms with Crippen LogP contribution in [0, 0.1) is 10.1 Å². The van der Waals surface area contributed by atoms with E-state index >= 15 is 0 Å². The Balaban J connectivity index is 1.95. The smallest absolute Gasteiger partial charge is 0.268 e. The molecule has 3 rings (SSSR count). The molecule has 0 aromatic heterocycles. The van der Waals surface area contributed by atoms with Crippen molar-refractivity contribution in [1.82, 2.24) is 0 Å². The summed E-state index contributed by atoms with van der Waals surface area (Å²) in [6, 6.07) is 12.7. The van der Waals surface area contributed by atoms with Gasteiger partial charge in [-0.25, -0.2) is 4.90 Å². The van der Waals surface area contributed by atoms with E-state index in [2.05, 4.69) is 0 Å². The molecule has 6 nitrogen and oxygen atoms in total. The lowest BCUT2D eigenvalue weighted by Gasteiger charge is -2.11. The predicted octanol–water partition coefficient (Wildman–Crippen LogP) is 4.49. The number of amides is 2. The number of imide groups is 1. The van der Waals surface area contributed by atoms with E-state index < -0.39 is 16.1 Å². The van der Waals surface area contributed by atoms with Gasteiger partial charge in [-0.2, -0.15) is 0 Å². The van der Waals surface area contributed by atoms with Crippen molar-refractivity contribution in [2.24, 2.45) is 0 Å². The first-order valence-electron chi connectivity index (χ1n) is 6.74. The standard InChI is InChI=1S/C16H9ClN2O4S/c17-12-7-6-10(8-13(12)19(22)23)9-14-15(20)18(16(21)24-14)11-4-2-1-3-5-11/h1-9H/b14-9-. The number of rotatable bonds is 3. The van der Waals surface area contributed by atoms with E-state index in [0.717, 1.165) is 16.7 Å². The number of benzene rings is 2. The largest absolute Gasteiger partial charge is 0.298 e. The number of nitrogens with zero attached hydrogens (tertiary/aromatic N) is 2. The highest BCUT2D eigenvalue weighted by molar-refractivity contribution is 8.19. The minimum atomic E-state index is -0.602. The fraction of sp³-hybridized carbons (Fsp3) is 0. The maximum atomic E-state index is 12.5. The van der Waals surface area contributed by atoms with Gasteiger partial charge in [0, 0.05) is 6.07 Å². The van der Waals surface area contributed by atoms with Crippen LogP contribution in [0.2, 0.25) is 5.02 Å². The topological polar surface area (TPSA) is 80.5 Å². The van der Waals surface area contributed by atoms with Gasteiger partial charge in [-0.1, -0.05) is 35.9 Å². The molecule has 1 saturated heterocycles. The number of hydrogen-bond donors (Lipinski definition) is 0. The van der Waals surface area contributed by atoms with Crippen molar-refractivity contribution < 1.29 is 14.5 Å². The number of nitro benzene ring substituents is 1. The molecule has 0 spiro atoms. The number of carbonyl (C=O) groups excluding carboxylic acids is 2. The van der Waals surface area contributed by atoms with Crippen LogP contribution >= 0.6 is 23.4 Å². The summed E-state index contributed by atoms with van der Waals surface area (Å²) >= 11 is 6.55. The summed E-state index contributed by atoms with van der Waals surface area (Å²) < 4.78 is 0. The fourth-order valence-electron chi connectivity index (χ4n) is 2.18. The number of halogens is 1. The van der Waals surface area contributed by atoms with Crippen LogP contribution in [0.4, 0.5) is 16.2 Å². The molecular formula is C16H9ClN2O4S. The number of thioether (sulfide) groups is 1. The van der Waals surface area contributed by atoms with Gasteiger partial charge in [0.15, 0.2) is 0 Å². The van der Waals surface area contributed by atoms with Gasteiger partial charge < -0.3 is 0 Å². The van der Waals surface area contributed by atoms with Crippen LogP contribution in [-0.4, -0.2) is 16.1 Å². The van der Waals surface area contributed by atoms with Crippen molar-refractivity contribution in [3.63, 3.8) is 0 Å². The van der Waals surface area contributed by atoms with E-state index in [4.69, 9.17) is 11.6 Å². The Morgan fingerprint density at radius 1 is 1.12 bits per heavy atom. The Hall–Kier alpha value is -2.64. The molecule has 0 radical (unpaired) electrons. The molecule has 0 saturated carbocycles. The molecule has 8 heteroatoms. The first-order chi connectivity index (χ1) is 11.5. The van der Waals surface area contributed by atoms with Crippen molar-refractivity contribution in [1.29, 1.82) is 0 Å². The Morgan fingerprint density at radius 3 is 2.50 bits per heavy atom. The molecular weight excluding hydrogens is 352 g/mol. The third kappa shape index (κ3) is 3.04. The summed E-state index contributed by atoms with van der Waals surface area (Å²) in [4.78, 5) is 36.2. The minimum absolute atomic E-state index is 0.00883. The lowest BCUT2D eigenvalue weighted by atomic mass is 10.2. The van der Waals surface area contributed by atoms with Gasteiger partial charge in [0.2, 0.25) is 0 Å². The Labute approximate surface area is 145 Å². The molecule has 2 amide bonds. The van der Waals surface area contributed by atoms with E-state index in [1.54, 1.807) is 36.4 Å². The number of nitro groups is 1. The summed E-state index contributed by atoms with van der Waals surface area (Å²) in [5.74, 6) is -0.464. The zero-order chi connectivity index (χ0) is 17.3. The zero-order valence-electron chi connectivity index (χ0n) is 12.0. The highest BCUT2D eigenvalue weighted by Crippen LogP contribution is 2.36. The van der Waals surface area contributed by atoms with Gasteiger partial charge in [-0.3, -0.25) is 19.7 Å². The number of para-hydroxylation sites is 1. The van der Waals surface area contributed by atoms with Crippen molar-refractivity contribution in [3.8, 4) is 0 Å². The van der Waals surface area contributed by atoms with E-state index in [-0.39, 0.29) is 15.6 Å². The van der Waals surface area contributed by atoms with Gasteiger partial charge in [-0.15, -0.1) is 0 Å². The van der Waals surface area contributed by atoms with Crippen LogP contribution in [0.1, 0.15) is 5.56 Å². The van der Waals surface area contributed by atoms with E-state index in [1.165, 1.54) is 18.2 Å². The van der Waals surface area contributed by atoms with Gasteiger partial charge in [0.1, 0.15) is 5.02 Å². The molecule has 0 N–H and O–H groups in total. The van der Waals surface area contributed by atoms with Crippen molar-refractivity contribution >= 4 is 52.0 Å². The highest BCUT2D eigenvalue weighted by atomic mass is 35.5. The van der Waals surface area contributed by atoms with Crippen molar-refractivity contribution in [3.05, 3.63) is 74.1 Å². The summed E-state index contributed by atoms with van der Waals surface area (Å²) in [5.41, 5.74) is 0.642. The molecule has 0 atom stereocenters. The van der Waals surface area contributed by atoms with Gasteiger partial charge in [-0.05, 0) is 41.6 Å². The number of anilines is 1. The quantitative estimate of drug-likeness (QED) is 0.457. The molecule has 24 heavy (non-hydrogen) atoms. The fourth-order valence-corrected chi connectivity index (χ4v) is 3.21. The molecule has 1 aliphatic heterocycles. The van der Waals surface area contributed by atoms with Crippen LogP contribution in [0.15, 0.2) is 53.4 Å². The zero-order valence-corrected chi connectivity index (χ0v) is 13.6. The summed E-state index contributed by atoms with van der Waals surface area (Å²) in [5, 5.41) is 10.5. The van der Waals surface area contributed by atoms with Crippen LogP contribution in [-0.2, 0) is 4.79 Å². The molecule has 2 aromatic carbocycles. The second-order valence-corrected chi connectivity index (χ2v) is 6.22. The lowest BCUT2D eigenvalue weighted by molar-refractivity contribution is -0.384. The molecule has 0 bridgehead atoms. The first kappa shape index (κ1) is 16.2. The first-order valence-corrected chi connectivity index (χ1v) is 7.94. The molecule has 0 unspecified atom stereocenters. The summed E-state index contributed by atoms with van der Waals surface area (Å²) in [6.45, 7) is 0. The second kappa shape index (κ2) is 6.46. The molecule has 1 aliphatic rings. The van der Waals surface area contributed by atoms with E-state index in [1.807, 2.05) is 0 Å². The maximum absolute atomic E-state index is 12.5. The highest BCUT2D eigenvalue weighted by Gasteiger charge is 2.36. The van der Waals surface area contributed by atoms with Crippen LogP contribution in [0.5, 0.6) is 0 Å². The third-order valence-corrected chi connectivity index (χ3v) is 4.46. The maximum Gasteiger partial charge on any atom is 0.298 e. The molecule has 1 heterocycles. The predicted molar refractivity (Wildman–Crippen MR) is 93.0 cm³/mol. The van der Waals surface area contributed by atoms with Crippen LogP contribution < -0.4 is 4.90 Å². The SMILES string of the molecule is O=C1S/C(=C\c2ccc(Cl)c([N+](=O)[O-])c2)C(=O)N1c1ccccc1. The van der Waals surface area contributed by atoms with Crippen molar-refractivity contribution in [2.75, 3.05) is 4.90 Å². The monoisotopic (exact) mass is 360 g/mol. The molecule has 2 aromatic rings. The third-order valence-electron chi connectivity index (χ3n) is 3.27. The minimum Gasteiger partial charge on any atom is -0.268 e. The van der Waals surface area contributed by atoms with Crippen LogP contribution in [0.3, 0.4) is 0 Å². The molecule has 120 valence electrons. The molecule has 0 aliphatic carbocycles. The normalized spacial score (nSPS) is 16.0. The van der Waals surface area contributed by atoms with Crippen LogP contribution in [0.25, 0.3) is 6.08 Å². The Morgan fingerprint density at radius 2 is 1.83 bits per heavy atom. The van der Waals surface area contributed by atoms with Crippen molar-refractivity contribution in [2.45, 2.75) is 0 Å². The summed E-state index contributed by atoms with van der Waals surface area (Å²) in [7, 11) is 0. The number of hydrogen-bond acceptors (Lipinski definition) is 5. The number of carbonyl (C=O) groups is 2. The van der Waals surface area contributed by atoms with Gasteiger partial charge >= 0.3 is 0 Å². The average molecular weight is 361 g/mol. The summed E-state index contributed by atoms with van der Waals surface area (Å²) in [6.07, 6.45) is 1.44. The second-order valence-electron chi connectivity index (χ2n) is 4.82. The van der Waals surface area contributed by atoms with Gasteiger partial charge in [0.25, 0.3) is 16.8 Å². The average Bonchev–Trinajstić information content (AvgIpc) is 2.83. The van der Waals surface area contributed by atoms with E-state index in [9.17, 15) is 19.7 Å². The van der Waals surface area contributed by atoms with E-state index in [0.29, 0.717) is 11.3 Å². The Kier molecular flexibility index (Phi) is 4.37.